The average molecular weight is 161 g/mol. The number of hydrogen-bond acceptors (Lipinski definition) is 4. The number of allylic oxidation sites excluding steroid dienone is 1. The first kappa shape index (κ1) is 8.21. The third-order valence-electron chi connectivity index (χ3n) is 1.18. The Morgan fingerprint density at radius 1 is 1.50 bits per heavy atom. The second-order valence-electron chi connectivity index (χ2n) is 1.97. The van der Waals surface area contributed by atoms with Crippen molar-refractivity contribution in [2.75, 3.05) is 7.11 Å². The molecule has 4 nitrogen and oxygen atoms in total. The molecule has 0 aliphatic rings. The lowest BCUT2D eigenvalue weighted by atomic mass is 10.3. The van der Waals surface area contributed by atoms with Gasteiger partial charge in [-0.05, 0) is 6.08 Å². The summed E-state index contributed by atoms with van der Waals surface area (Å²) in [7, 11) is 1.50. The van der Waals surface area contributed by atoms with E-state index in [1.165, 1.54) is 13.2 Å². The summed E-state index contributed by atoms with van der Waals surface area (Å²) >= 11 is 0. The molecule has 0 saturated carbocycles. The molecule has 0 fully saturated rings. The van der Waals surface area contributed by atoms with E-state index in [4.69, 9.17) is 10.00 Å². The average Bonchev–Trinajstić information content (AvgIpc) is 2.15. The molecule has 0 bridgehead atoms. The van der Waals surface area contributed by atoms with Crippen LogP contribution in [0.15, 0.2) is 18.5 Å². The molecule has 0 N–H and O–H groups in total. The summed E-state index contributed by atoms with van der Waals surface area (Å²) in [6.07, 6.45) is 6.16. The minimum atomic E-state index is 0.323. The van der Waals surface area contributed by atoms with Gasteiger partial charge in [0.25, 0.3) is 0 Å². The van der Waals surface area contributed by atoms with Crippen molar-refractivity contribution in [1.29, 1.82) is 5.26 Å². The molecule has 0 atom stereocenters. The highest BCUT2D eigenvalue weighted by atomic mass is 16.5. The predicted octanol–water partition coefficient (Wildman–Crippen LogP) is 1.02. The van der Waals surface area contributed by atoms with Gasteiger partial charge in [0.1, 0.15) is 0 Å². The SMILES string of the molecule is COc1ncc(C=CC#N)cn1. The van der Waals surface area contributed by atoms with Crippen molar-refractivity contribution in [3.05, 3.63) is 24.0 Å². The Bertz CT molecular complexity index is 310. The van der Waals surface area contributed by atoms with Crippen LogP contribution in [0.4, 0.5) is 0 Å². The fraction of sp³-hybridized carbons (Fsp3) is 0.125. The number of rotatable bonds is 2. The topological polar surface area (TPSA) is 58.8 Å². The lowest BCUT2D eigenvalue weighted by molar-refractivity contribution is 0.379. The third kappa shape index (κ3) is 2.06. The number of ether oxygens (including phenoxy) is 1. The number of hydrogen-bond donors (Lipinski definition) is 0. The van der Waals surface area contributed by atoms with Gasteiger partial charge < -0.3 is 4.74 Å². The van der Waals surface area contributed by atoms with Crippen LogP contribution in [0.1, 0.15) is 5.56 Å². The third-order valence-corrected chi connectivity index (χ3v) is 1.18. The number of aromatic nitrogens is 2. The molecule has 0 spiro atoms. The zero-order valence-electron chi connectivity index (χ0n) is 6.56. The van der Waals surface area contributed by atoms with Crippen LogP contribution in [-0.2, 0) is 0 Å². The zero-order chi connectivity index (χ0) is 8.81. The smallest absolute Gasteiger partial charge is 0.316 e. The van der Waals surface area contributed by atoms with E-state index in [9.17, 15) is 0 Å². The van der Waals surface area contributed by atoms with Crippen molar-refractivity contribution in [3.8, 4) is 12.1 Å². The first-order valence-electron chi connectivity index (χ1n) is 3.29. The standard InChI is InChI=1S/C8H7N3O/c1-12-8-10-5-7(6-11-8)3-2-4-9/h2-3,5-6H,1H3. The van der Waals surface area contributed by atoms with E-state index in [-0.39, 0.29) is 0 Å². The highest BCUT2D eigenvalue weighted by Crippen LogP contribution is 2.02. The van der Waals surface area contributed by atoms with E-state index in [0.717, 1.165) is 5.56 Å². The fourth-order valence-corrected chi connectivity index (χ4v) is 0.651. The summed E-state index contributed by atoms with van der Waals surface area (Å²) in [5.41, 5.74) is 0.775. The Morgan fingerprint density at radius 3 is 2.67 bits per heavy atom. The van der Waals surface area contributed by atoms with Gasteiger partial charge in [0.15, 0.2) is 0 Å². The Morgan fingerprint density at radius 2 is 2.17 bits per heavy atom. The summed E-state index contributed by atoms with van der Waals surface area (Å²) in [5.74, 6) is 0. The minimum absolute atomic E-state index is 0.323. The molecular weight excluding hydrogens is 154 g/mol. The van der Waals surface area contributed by atoms with Crippen LogP contribution in [0.5, 0.6) is 6.01 Å². The van der Waals surface area contributed by atoms with Crippen LogP contribution in [0.3, 0.4) is 0 Å². The summed E-state index contributed by atoms with van der Waals surface area (Å²) in [6.45, 7) is 0. The zero-order valence-corrected chi connectivity index (χ0v) is 6.56. The molecule has 0 radical (unpaired) electrons. The molecule has 1 heterocycles. The van der Waals surface area contributed by atoms with E-state index >= 15 is 0 Å². The maximum absolute atomic E-state index is 8.23. The van der Waals surface area contributed by atoms with Gasteiger partial charge in [-0.1, -0.05) is 0 Å². The summed E-state index contributed by atoms with van der Waals surface area (Å²) < 4.78 is 4.76. The quantitative estimate of drug-likeness (QED) is 0.607. The van der Waals surface area contributed by atoms with Gasteiger partial charge in [0, 0.05) is 24.0 Å². The molecule has 1 rings (SSSR count). The minimum Gasteiger partial charge on any atom is -0.467 e. The van der Waals surface area contributed by atoms with E-state index < -0.39 is 0 Å². The van der Waals surface area contributed by atoms with Crippen molar-refractivity contribution >= 4 is 6.08 Å². The molecule has 12 heavy (non-hydrogen) atoms. The summed E-state index contributed by atoms with van der Waals surface area (Å²) in [4.78, 5) is 7.71. The normalized spacial score (nSPS) is 9.67. The van der Waals surface area contributed by atoms with E-state index in [2.05, 4.69) is 9.97 Å². The largest absolute Gasteiger partial charge is 0.467 e. The van der Waals surface area contributed by atoms with Gasteiger partial charge in [0.2, 0.25) is 0 Å². The molecule has 60 valence electrons. The lowest BCUT2D eigenvalue weighted by Gasteiger charge is -1.95. The number of methoxy groups -OCH3 is 1. The first-order chi connectivity index (χ1) is 5.86. The van der Waals surface area contributed by atoms with Crippen LogP contribution < -0.4 is 4.74 Å². The highest BCUT2D eigenvalue weighted by molar-refractivity contribution is 5.49. The molecule has 0 unspecified atom stereocenters. The van der Waals surface area contributed by atoms with Crippen LogP contribution in [0.25, 0.3) is 6.08 Å². The molecular formula is C8H7N3O. The second kappa shape index (κ2) is 4.09. The van der Waals surface area contributed by atoms with Gasteiger partial charge >= 0.3 is 6.01 Å². The van der Waals surface area contributed by atoms with Crippen molar-refractivity contribution in [1.82, 2.24) is 9.97 Å². The summed E-state index contributed by atoms with van der Waals surface area (Å²) in [6, 6.07) is 2.20. The Balaban J connectivity index is 2.79. The first-order valence-corrected chi connectivity index (χ1v) is 3.29. The van der Waals surface area contributed by atoms with E-state index in [1.807, 2.05) is 6.07 Å². The summed E-state index contributed by atoms with van der Waals surface area (Å²) in [5, 5.41) is 8.23. The highest BCUT2D eigenvalue weighted by Gasteiger charge is 1.91. The fourth-order valence-electron chi connectivity index (χ4n) is 0.651. The van der Waals surface area contributed by atoms with Gasteiger partial charge in [-0.2, -0.15) is 5.26 Å². The predicted molar refractivity (Wildman–Crippen MR) is 43.2 cm³/mol. The molecule has 1 aromatic heterocycles. The monoisotopic (exact) mass is 161 g/mol. The van der Waals surface area contributed by atoms with Gasteiger partial charge in [-0.15, -0.1) is 0 Å². The number of nitrogens with zero attached hydrogens (tertiary/aromatic N) is 3. The second-order valence-corrected chi connectivity index (χ2v) is 1.97. The van der Waals surface area contributed by atoms with Gasteiger partial charge in [-0.3, -0.25) is 0 Å². The van der Waals surface area contributed by atoms with E-state index in [0.29, 0.717) is 6.01 Å². The van der Waals surface area contributed by atoms with Gasteiger partial charge in [0.05, 0.1) is 13.2 Å². The molecule has 4 heteroatoms. The molecule has 0 saturated heterocycles. The van der Waals surface area contributed by atoms with E-state index in [1.54, 1.807) is 18.5 Å². The lowest BCUT2D eigenvalue weighted by Crippen LogP contribution is -1.90. The molecule has 0 aliphatic heterocycles. The van der Waals surface area contributed by atoms with Crippen LogP contribution in [0.2, 0.25) is 0 Å². The number of nitriles is 1. The maximum Gasteiger partial charge on any atom is 0.316 e. The van der Waals surface area contributed by atoms with Crippen molar-refractivity contribution in [3.63, 3.8) is 0 Å². The van der Waals surface area contributed by atoms with Crippen molar-refractivity contribution in [2.24, 2.45) is 0 Å². The van der Waals surface area contributed by atoms with Crippen LogP contribution in [0, 0.1) is 11.3 Å². The van der Waals surface area contributed by atoms with Crippen molar-refractivity contribution < 1.29 is 4.74 Å². The van der Waals surface area contributed by atoms with Crippen LogP contribution in [-0.4, -0.2) is 17.1 Å². The molecule has 0 aromatic carbocycles. The Labute approximate surface area is 70.1 Å². The molecule has 0 amide bonds. The Kier molecular flexibility index (Phi) is 2.79. The molecule has 0 aliphatic carbocycles. The maximum atomic E-state index is 8.23. The molecule has 1 aromatic rings. The Hall–Kier alpha value is -1.89. The van der Waals surface area contributed by atoms with Crippen LogP contribution >= 0.6 is 0 Å². The van der Waals surface area contributed by atoms with Gasteiger partial charge in [-0.25, -0.2) is 9.97 Å². The van der Waals surface area contributed by atoms with Crippen molar-refractivity contribution in [2.45, 2.75) is 0 Å².